The molecule has 1 unspecified atom stereocenters. The van der Waals surface area contributed by atoms with Crippen LogP contribution < -0.4 is 10.1 Å². The van der Waals surface area contributed by atoms with Gasteiger partial charge < -0.3 is 10.1 Å². The van der Waals surface area contributed by atoms with Crippen molar-refractivity contribution in [3.63, 3.8) is 0 Å². The molecule has 2 aromatic carbocycles. The second kappa shape index (κ2) is 8.83. The zero-order valence-electron chi connectivity index (χ0n) is 16.5. The Kier molecular flexibility index (Phi) is 6.40. The summed E-state index contributed by atoms with van der Waals surface area (Å²) in [5.41, 5.74) is 2.87. The lowest BCUT2D eigenvalue weighted by atomic mass is 10.1. The molecule has 0 aliphatic heterocycles. The fourth-order valence-electron chi connectivity index (χ4n) is 2.76. The van der Waals surface area contributed by atoms with Crippen LogP contribution in [-0.2, 0) is 10.8 Å². The van der Waals surface area contributed by atoms with Gasteiger partial charge >= 0.3 is 6.36 Å². The summed E-state index contributed by atoms with van der Waals surface area (Å²) in [6.45, 7) is 5.65. The summed E-state index contributed by atoms with van der Waals surface area (Å²) < 4.78 is 52.9. The number of aromatic nitrogens is 2. The van der Waals surface area contributed by atoms with E-state index in [4.69, 9.17) is 0 Å². The first-order valence-electron chi connectivity index (χ1n) is 9.09. The number of halogens is 3. The molecule has 0 aliphatic carbocycles. The second-order valence-corrected chi connectivity index (χ2v) is 8.77. The van der Waals surface area contributed by atoms with Crippen LogP contribution in [0.4, 0.5) is 24.7 Å². The molecule has 1 heterocycles. The van der Waals surface area contributed by atoms with E-state index in [0.29, 0.717) is 17.2 Å². The monoisotopic (exact) mass is 435 g/mol. The van der Waals surface area contributed by atoms with Gasteiger partial charge in [0.25, 0.3) is 0 Å². The van der Waals surface area contributed by atoms with Crippen LogP contribution >= 0.6 is 0 Å². The number of ether oxygens (including phenoxy) is 1. The number of rotatable bonds is 6. The van der Waals surface area contributed by atoms with E-state index in [1.165, 1.54) is 30.6 Å². The van der Waals surface area contributed by atoms with Gasteiger partial charge in [0, 0.05) is 27.0 Å². The molecule has 9 heteroatoms. The highest BCUT2D eigenvalue weighted by atomic mass is 32.2. The van der Waals surface area contributed by atoms with E-state index in [0.717, 1.165) is 16.0 Å². The first kappa shape index (κ1) is 21.8. The number of benzene rings is 2. The molecule has 1 atom stereocenters. The summed E-state index contributed by atoms with van der Waals surface area (Å²) in [7, 11) is -1.07. The van der Waals surface area contributed by atoms with Crippen molar-refractivity contribution in [2.45, 2.75) is 37.3 Å². The van der Waals surface area contributed by atoms with Gasteiger partial charge in [-0.1, -0.05) is 26.0 Å². The topological polar surface area (TPSA) is 64.1 Å². The summed E-state index contributed by atoms with van der Waals surface area (Å²) in [5, 5.41) is 3.11. The van der Waals surface area contributed by atoms with Crippen LogP contribution in [0.5, 0.6) is 5.75 Å². The Hall–Kier alpha value is -2.94. The van der Waals surface area contributed by atoms with E-state index in [1.807, 2.05) is 45.0 Å². The molecule has 0 amide bonds. The fraction of sp³-hybridized carbons (Fsp3) is 0.238. The van der Waals surface area contributed by atoms with Gasteiger partial charge in [-0.25, -0.2) is 9.97 Å². The summed E-state index contributed by atoms with van der Waals surface area (Å²) in [6.07, 6.45) is -3.32. The van der Waals surface area contributed by atoms with Gasteiger partial charge in [0.1, 0.15) is 17.9 Å². The third-order valence-corrected chi connectivity index (χ3v) is 5.82. The molecule has 5 nitrogen and oxygen atoms in total. The summed E-state index contributed by atoms with van der Waals surface area (Å²) in [4.78, 5) is 9.32. The average molecular weight is 435 g/mol. The first-order valence-corrected chi connectivity index (χ1v) is 10.3. The number of hydrogen-bond donors (Lipinski definition) is 1. The van der Waals surface area contributed by atoms with E-state index >= 15 is 0 Å². The molecule has 0 saturated heterocycles. The van der Waals surface area contributed by atoms with E-state index in [2.05, 4.69) is 20.0 Å². The number of anilines is 2. The molecule has 158 valence electrons. The van der Waals surface area contributed by atoms with Crippen LogP contribution in [0.1, 0.15) is 19.4 Å². The van der Waals surface area contributed by atoms with E-state index in [9.17, 15) is 17.4 Å². The molecule has 0 spiro atoms. The molecule has 3 rings (SSSR count). The number of nitrogens with one attached hydrogen (secondary N) is 1. The molecule has 0 saturated carbocycles. The molecule has 1 aromatic heterocycles. The van der Waals surface area contributed by atoms with Gasteiger partial charge in [-0.3, -0.25) is 4.21 Å². The highest BCUT2D eigenvalue weighted by Crippen LogP contribution is 2.29. The molecular formula is C21H20F3N3O2S. The SMILES string of the molecule is Cc1c(Nc2ccc(OC(F)(F)F)cc2)ncnc1-c1ccc(S(=O)C(C)C)cc1. The quantitative estimate of drug-likeness (QED) is 0.545. The average Bonchev–Trinajstić information content (AvgIpc) is 2.69. The van der Waals surface area contributed by atoms with Crippen LogP contribution in [-0.4, -0.2) is 25.8 Å². The van der Waals surface area contributed by atoms with Gasteiger partial charge in [0.15, 0.2) is 0 Å². The molecule has 3 aromatic rings. The number of hydrogen-bond acceptors (Lipinski definition) is 5. The maximum atomic E-state index is 12.3. The summed E-state index contributed by atoms with van der Waals surface area (Å²) in [5.74, 6) is 0.228. The maximum Gasteiger partial charge on any atom is 0.573 e. The van der Waals surface area contributed by atoms with Crippen LogP contribution in [0.25, 0.3) is 11.3 Å². The van der Waals surface area contributed by atoms with Gasteiger partial charge in [-0.05, 0) is 43.3 Å². The van der Waals surface area contributed by atoms with Crippen molar-refractivity contribution in [2.75, 3.05) is 5.32 Å². The Balaban J connectivity index is 1.81. The van der Waals surface area contributed by atoms with Crippen molar-refractivity contribution in [1.29, 1.82) is 0 Å². The van der Waals surface area contributed by atoms with Gasteiger partial charge in [0.2, 0.25) is 0 Å². The van der Waals surface area contributed by atoms with E-state index in [1.54, 1.807) is 0 Å². The van der Waals surface area contributed by atoms with Crippen LogP contribution in [0.15, 0.2) is 59.8 Å². The molecule has 0 radical (unpaired) electrons. The Morgan fingerprint density at radius 1 is 1.00 bits per heavy atom. The van der Waals surface area contributed by atoms with E-state index in [-0.39, 0.29) is 11.0 Å². The predicted octanol–water partition coefficient (Wildman–Crippen LogP) is 5.61. The zero-order chi connectivity index (χ0) is 21.9. The van der Waals surface area contributed by atoms with Crippen LogP contribution in [0, 0.1) is 6.92 Å². The molecule has 30 heavy (non-hydrogen) atoms. The standard InChI is InChI=1S/C21H20F3N3O2S/c1-13(2)30(28)18-10-4-15(5-11-18)19-14(3)20(26-12-25-19)27-16-6-8-17(9-7-16)29-21(22,23)24/h4-13H,1-3H3,(H,25,26,27). The highest BCUT2D eigenvalue weighted by molar-refractivity contribution is 7.85. The first-order chi connectivity index (χ1) is 14.1. The van der Waals surface area contributed by atoms with Gasteiger partial charge in [-0.2, -0.15) is 0 Å². The van der Waals surface area contributed by atoms with Gasteiger partial charge in [0.05, 0.1) is 16.5 Å². The van der Waals surface area contributed by atoms with Crippen molar-refractivity contribution >= 4 is 22.3 Å². The van der Waals surface area contributed by atoms with Crippen molar-refractivity contribution in [3.05, 3.63) is 60.4 Å². The summed E-state index contributed by atoms with van der Waals surface area (Å²) >= 11 is 0. The normalized spacial score (nSPS) is 12.6. The number of alkyl halides is 3. The van der Waals surface area contributed by atoms with Crippen molar-refractivity contribution in [3.8, 4) is 17.0 Å². The Morgan fingerprint density at radius 3 is 2.20 bits per heavy atom. The highest BCUT2D eigenvalue weighted by Gasteiger charge is 2.30. The molecule has 0 aliphatic rings. The third-order valence-electron chi connectivity index (χ3n) is 4.22. The minimum atomic E-state index is -4.73. The molecule has 0 fully saturated rings. The lowest BCUT2D eigenvalue weighted by Crippen LogP contribution is -2.17. The third kappa shape index (κ3) is 5.35. The van der Waals surface area contributed by atoms with Crippen molar-refractivity contribution < 1.29 is 22.1 Å². The minimum absolute atomic E-state index is 0.0281. The molecular weight excluding hydrogens is 415 g/mol. The largest absolute Gasteiger partial charge is 0.573 e. The smallest absolute Gasteiger partial charge is 0.406 e. The second-order valence-electron chi connectivity index (χ2n) is 6.76. The number of nitrogens with zero attached hydrogens (tertiary/aromatic N) is 2. The van der Waals surface area contributed by atoms with Crippen molar-refractivity contribution in [2.24, 2.45) is 0 Å². The Bertz CT molecular complexity index is 1040. The van der Waals surface area contributed by atoms with Crippen LogP contribution in [0.2, 0.25) is 0 Å². The molecule has 1 N–H and O–H groups in total. The fourth-order valence-corrected chi connectivity index (χ4v) is 3.71. The zero-order valence-corrected chi connectivity index (χ0v) is 17.3. The van der Waals surface area contributed by atoms with Crippen molar-refractivity contribution in [1.82, 2.24) is 9.97 Å². The summed E-state index contributed by atoms with van der Waals surface area (Å²) in [6, 6.07) is 12.7. The molecule has 0 bridgehead atoms. The maximum absolute atomic E-state index is 12.3. The lowest BCUT2D eigenvalue weighted by Gasteiger charge is -2.13. The Morgan fingerprint density at radius 2 is 1.63 bits per heavy atom. The van der Waals surface area contributed by atoms with Crippen LogP contribution in [0.3, 0.4) is 0 Å². The van der Waals surface area contributed by atoms with E-state index < -0.39 is 17.2 Å². The Labute approximate surface area is 174 Å². The predicted molar refractivity (Wildman–Crippen MR) is 110 cm³/mol. The lowest BCUT2D eigenvalue weighted by molar-refractivity contribution is -0.274. The minimum Gasteiger partial charge on any atom is -0.406 e. The van der Waals surface area contributed by atoms with Gasteiger partial charge in [-0.15, -0.1) is 13.2 Å².